The van der Waals surface area contributed by atoms with Crippen molar-refractivity contribution in [2.75, 3.05) is 39.3 Å². The van der Waals surface area contributed by atoms with E-state index in [1.165, 1.54) is 38.5 Å². The predicted octanol–water partition coefficient (Wildman–Crippen LogP) is 9.24. The number of halogens is 1. The second kappa shape index (κ2) is 19.5. The quantitative estimate of drug-likeness (QED) is 0.272. The van der Waals surface area contributed by atoms with Gasteiger partial charge in [-0.15, -0.1) is 0 Å². The monoisotopic (exact) mass is 807 g/mol. The van der Waals surface area contributed by atoms with E-state index in [0.717, 1.165) is 132 Å². The molecule has 1 N–H and O–H groups in total. The molecule has 11 aliphatic rings. The van der Waals surface area contributed by atoms with Gasteiger partial charge in [0.05, 0.1) is 41.4 Å². The Morgan fingerprint density at radius 1 is 0.649 bits per heavy atom. The maximum atomic E-state index is 13.1. The van der Waals surface area contributed by atoms with Crippen LogP contribution in [0.25, 0.3) is 0 Å². The van der Waals surface area contributed by atoms with Crippen LogP contribution in [0.15, 0.2) is 0 Å². The molecule has 8 bridgehead atoms. The normalized spacial score (nSPS) is 38.1. The number of nitriles is 3. The van der Waals surface area contributed by atoms with Gasteiger partial charge in [0.2, 0.25) is 11.1 Å². The van der Waals surface area contributed by atoms with Crippen molar-refractivity contribution < 1.29 is 19.1 Å². The average Bonchev–Trinajstić information content (AvgIpc) is 3.17. The zero-order valence-electron chi connectivity index (χ0n) is 34.4. The van der Waals surface area contributed by atoms with Crippen LogP contribution in [0.1, 0.15) is 144 Å². The maximum Gasteiger partial charge on any atom is 0.410 e. The van der Waals surface area contributed by atoms with Crippen LogP contribution in [-0.2, 0) is 14.3 Å². The number of nitrogens with one attached hydrogen (secondary N) is 1. The van der Waals surface area contributed by atoms with Gasteiger partial charge >= 0.3 is 6.09 Å². The Kier molecular flexibility index (Phi) is 15.4. The van der Waals surface area contributed by atoms with E-state index in [-0.39, 0.29) is 47.3 Å². The van der Waals surface area contributed by atoms with Gasteiger partial charge in [0.25, 0.3) is 0 Å². The van der Waals surface area contributed by atoms with Gasteiger partial charge in [-0.3, -0.25) is 9.59 Å². The molecule has 0 aromatic heterocycles. The first-order valence-corrected chi connectivity index (χ1v) is 22.5. The van der Waals surface area contributed by atoms with E-state index in [2.05, 4.69) is 23.5 Å². The molecule has 10 nitrogen and oxygen atoms in total. The number of hydrogen-bond donors (Lipinski definition) is 1. The number of rotatable bonds is 2. The summed E-state index contributed by atoms with van der Waals surface area (Å²) < 4.78 is 5.25. The molecule has 11 fully saturated rings. The molecule has 0 aromatic rings. The van der Waals surface area contributed by atoms with Crippen LogP contribution in [0, 0.1) is 98.1 Å². The Morgan fingerprint density at radius 2 is 1.05 bits per heavy atom. The first-order valence-electron chi connectivity index (χ1n) is 22.1. The van der Waals surface area contributed by atoms with Crippen molar-refractivity contribution in [1.82, 2.24) is 15.1 Å². The zero-order valence-corrected chi connectivity index (χ0v) is 35.2. The lowest BCUT2D eigenvalue weighted by molar-refractivity contribution is -0.159. The van der Waals surface area contributed by atoms with E-state index in [9.17, 15) is 14.4 Å². The van der Waals surface area contributed by atoms with Gasteiger partial charge in [-0.05, 0) is 190 Å². The minimum Gasteiger partial charge on any atom is -0.444 e. The number of likely N-dealkylation sites (tertiary alicyclic amines) is 2. The number of carbonyl (C=O) groups is 3. The molecule has 3 saturated heterocycles. The average molecular weight is 808 g/mol. The van der Waals surface area contributed by atoms with E-state index in [0.29, 0.717) is 25.5 Å². The summed E-state index contributed by atoms with van der Waals surface area (Å²) >= 11 is 5.76. The summed E-state index contributed by atoms with van der Waals surface area (Å²) in [7, 11) is 0. The molecule has 3 unspecified atom stereocenters. The standard InChI is InChI=1S/C17H24N2O.C11H15ClO.C11H18N2O2.C6H10N2.CH4/c18-10-12-2-1-3-19(11-12)16(20)17-7-13-4-14(8-17)6-15(5-13)9-17;12-10(13)11-4-7-1-8(5-11)3-9(2-7)6-11;1-11(2,3)15-10(14)13-6-4-5-9(7-12)8-13;7-4-6-2-1-3-8-5-6;/h12-15H,1-9,11H2;7-9H,1-6H2;9H,4-6,8H2,1-3H3;6,8H,1-3,5H2;1H4. The number of carbonyl (C=O) groups excluding carboxylic acids is 3. The van der Waals surface area contributed by atoms with Crippen LogP contribution in [-0.4, -0.2) is 71.9 Å². The van der Waals surface area contributed by atoms with Crippen molar-refractivity contribution >= 4 is 28.8 Å². The van der Waals surface area contributed by atoms with Crippen LogP contribution < -0.4 is 5.32 Å². The third-order valence-electron chi connectivity index (χ3n) is 14.6. The van der Waals surface area contributed by atoms with Crippen molar-refractivity contribution in [3.63, 3.8) is 0 Å². The third-order valence-corrected chi connectivity index (χ3v) is 15.0. The molecule has 57 heavy (non-hydrogen) atoms. The number of piperidine rings is 3. The highest BCUT2D eigenvalue weighted by Gasteiger charge is 2.56. The molecule has 0 spiro atoms. The fourth-order valence-corrected chi connectivity index (χ4v) is 13.1. The second-order valence-electron chi connectivity index (χ2n) is 20.5. The van der Waals surface area contributed by atoms with Gasteiger partial charge in [0, 0.05) is 38.1 Å². The van der Waals surface area contributed by atoms with Crippen molar-refractivity contribution in [1.29, 1.82) is 15.8 Å². The lowest BCUT2D eigenvalue weighted by atomic mass is 9.49. The van der Waals surface area contributed by atoms with E-state index < -0.39 is 5.60 Å². The smallest absolute Gasteiger partial charge is 0.410 e. The largest absolute Gasteiger partial charge is 0.444 e. The summed E-state index contributed by atoms with van der Waals surface area (Å²) in [6.45, 7) is 10.3. The first kappa shape index (κ1) is 45.2. The Labute approximate surface area is 348 Å². The lowest BCUT2D eigenvalue weighted by Gasteiger charge is -2.57. The SMILES string of the molecule is C.CC(C)(C)OC(=O)N1CCCC(C#N)C1.N#CC1CCCN(C(=O)C23CC4CC(CC(C4)C2)C3)C1.N#CC1CCCNC1.O=C(Cl)C12CC3CC(CC(C3)C1)C2. The molecule has 0 radical (unpaired) electrons. The van der Waals surface area contributed by atoms with Crippen LogP contribution in [0.4, 0.5) is 4.79 Å². The van der Waals surface area contributed by atoms with Gasteiger partial charge in [-0.2, -0.15) is 15.8 Å². The molecule has 3 heterocycles. The van der Waals surface area contributed by atoms with E-state index >= 15 is 0 Å². The van der Waals surface area contributed by atoms with Crippen molar-refractivity contribution in [2.45, 2.75) is 149 Å². The van der Waals surface area contributed by atoms with Crippen LogP contribution in [0.3, 0.4) is 0 Å². The Balaban J connectivity index is 0.000000151. The highest BCUT2D eigenvalue weighted by Crippen LogP contribution is 2.62. The van der Waals surface area contributed by atoms with Crippen molar-refractivity contribution in [3.8, 4) is 18.2 Å². The van der Waals surface area contributed by atoms with Crippen molar-refractivity contribution in [2.24, 2.45) is 64.1 Å². The van der Waals surface area contributed by atoms with E-state index in [1.54, 1.807) is 4.90 Å². The summed E-state index contributed by atoms with van der Waals surface area (Å²) in [5.74, 6) is 5.68. The van der Waals surface area contributed by atoms with Crippen LogP contribution >= 0.6 is 11.6 Å². The molecule has 3 aliphatic heterocycles. The second-order valence-corrected chi connectivity index (χ2v) is 20.8. The number of ether oxygens (including phenoxy) is 1. The summed E-state index contributed by atoms with van der Waals surface area (Å²) in [5, 5.41) is 29.5. The minimum atomic E-state index is -0.462. The fraction of sp³-hybridized carbons (Fsp3) is 0.870. The fourth-order valence-electron chi connectivity index (χ4n) is 12.9. The molecule has 0 aromatic carbocycles. The Bertz CT molecular complexity index is 1460. The molecule has 8 saturated carbocycles. The topological polar surface area (TPSA) is 150 Å². The summed E-state index contributed by atoms with van der Waals surface area (Å²) in [6.07, 6.45) is 20.7. The van der Waals surface area contributed by atoms with Crippen molar-refractivity contribution in [3.05, 3.63) is 0 Å². The summed E-state index contributed by atoms with van der Waals surface area (Å²) in [5.41, 5.74) is -0.556. The maximum absolute atomic E-state index is 13.1. The van der Waals surface area contributed by atoms with E-state index in [4.69, 9.17) is 32.1 Å². The van der Waals surface area contributed by atoms with Gasteiger partial charge in [0.15, 0.2) is 0 Å². The molecule has 316 valence electrons. The lowest BCUT2D eigenvalue weighted by Crippen LogP contribution is -2.56. The number of hydrogen-bond acceptors (Lipinski definition) is 8. The number of amides is 2. The van der Waals surface area contributed by atoms with Gasteiger partial charge in [0.1, 0.15) is 5.60 Å². The van der Waals surface area contributed by atoms with Gasteiger partial charge in [-0.25, -0.2) is 4.79 Å². The van der Waals surface area contributed by atoms with Gasteiger partial charge < -0.3 is 19.9 Å². The Morgan fingerprint density at radius 3 is 1.42 bits per heavy atom. The predicted molar refractivity (Wildman–Crippen MR) is 221 cm³/mol. The molecule has 2 amide bonds. The van der Waals surface area contributed by atoms with Gasteiger partial charge in [-0.1, -0.05) is 7.43 Å². The summed E-state index contributed by atoms with van der Waals surface area (Å²) in [6, 6.07) is 6.81. The zero-order chi connectivity index (χ0) is 40.1. The molecule has 11 rings (SSSR count). The molecular formula is C46H71ClN6O4. The first-order chi connectivity index (χ1) is 26.7. The van der Waals surface area contributed by atoms with Crippen LogP contribution in [0.2, 0.25) is 0 Å². The third kappa shape index (κ3) is 11.5. The van der Waals surface area contributed by atoms with E-state index in [1.807, 2.05) is 25.7 Å². The highest BCUT2D eigenvalue weighted by atomic mass is 35.5. The minimum absolute atomic E-state index is 0. The highest BCUT2D eigenvalue weighted by molar-refractivity contribution is 6.64. The van der Waals surface area contributed by atoms with Crippen LogP contribution in [0.5, 0.6) is 0 Å². The molecule has 11 heteroatoms. The number of nitrogens with zero attached hydrogens (tertiary/aromatic N) is 5. The molecular weight excluding hydrogens is 736 g/mol. The summed E-state index contributed by atoms with van der Waals surface area (Å²) in [4.78, 5) is 39.9. The Hall–Kier alpha value is -2.87. The molecule has 3 atom stereocenters. The molecule has 8 aliphatic carbocycles.